The molecule has 1 amide bonds. The standard InChI is InChI=1S/C12H13ClF2N2O/c13-9-4-8(14)5-10(15)12(9)17-11(18)3-7-1-2-16-6-7/h4-5,7,16H,1-3,6H2,(H,17,18). The molecule has 1 saturated heterocycles. The highest BCUT2D eigenvalue weighted by molar-refractivity contribution is 6.33. The first-order valence-electron chi connectivity index (χ1n) is 5.71. The molecule has 0 spiro atoms. The molecule has 0 aromatic heterocycles. The predicted molar refractivity (Wildman–Crippen MR) is 65.6 cm³/mol. The van der Waals surface area contributed by atoms with Crippen LogP contribution in [0, 0.1) is 17.6 Å². The van der Waals surface area contributed by atoms with Gasteiger partial charge in [0.15, 0.2) is 5.82 Å². The molecule has 1 unspecified atom stereocenters. The maximum atomic E-state index is 13.4. The third-order valence-corrected chi connectivity index (χ3v) is 3.21. The third kappa shape index (κ3) is 3.17. The molecule has 1 fully saturated rings. The van der Waals surface area contributed by atoms with Crippen molar-refractivity contribution in [1.82, 2.24) is 5.32 Å². The molecular formula is C12H13ClF2N2O. The van der Waals surface area contributed by atoms with Crippen molar-refractivity contribution < 1.29 is 13.6 Å². The van der Waals surface area contributed by atoms with Gasteiger partial charge in [0.2, 0.25) is 5.91 Å². The van der Waals surface area contributed by atoms with E-state index in [2.05, 4.69) is 10.6 Å². The minimum absolute atomic E-state index is 0.134. The SMILES string of the molecule is O=C(CC1CCNC1)Nc1c(F)cc(F)cc1Cl. The molecule has 0 saturated carbocycles. The molecular weight excluding hydrogens is 262 g/mol. The summed E-state index contributed by atoms with van der Waals surface area (Å²) in [5.41, 5.74) is -0.158. The van der Waals surface area contributed by atoms with E-state index in [0.717, 1.165) is 25.6 Å². The average Bonchev–Trinajstić information content (AvgIpc) is 2.76. The first kappa shape index (κ1) is 13.2. The van der Waals surface area contributed by atoms with Crippen molar-refractivity contribution in [2.75, 3.05) is 18.4 Å². The van der Waals surface area contributed by atoms with Gasteiger partial charge in [0.05, 0.1) is 10.7 Å². The fraction of sp³-hybridized carbons (Fsp3) is 0.417. The highest BCUT2D eigenvalue weighted by atomic mass is 35.5. The molecule has 1 aliphatic heterocycles. The van der Waals surface area contributed by atoms with Gasteiger partial charge < -0.3 is 10.6 Å². The Kier molecular flexibility index (Phi) is 4.14. The van der Waals surface area contributed by atoms with E-state index < -0.39 is 11.6 Å². The van der Waals surface area contributed by atoms with Crippen LogP contribution >= 0.6 is 11.6 Å². The number of nitrogens with one attached hydrogen (secondary N) is 2. The summed E-state index contributed by atoms with van der Waals surface area (Å²) in [6.45, 7) is 1.68. The second kappa shape index (κ2) is 5.63. The fourth-order valence-electron chi connectivity index (χ4n) is 2.00. The summed E-state index contributed by atoms with van der Waals surface area (Å²) >= 11 is 5.69. The summed E-state index contributed by atoms with van der Waals surface area (Å²) in [7, 11) is 0. The van der Waals surface area contributed by atoms with Crippen LogP contribution in [0.25, 0.3) is 0 Å². The Bertz CT molecular complexity index is 438. The first-order chi connectivity index (χ1) is 8.56. The Balaban J connectivity index is 2.02. The lowest BCUT2D eigenvalue weighted by molar-refractivity contribution is -0.117. The lowest BCUT2D eigenvalue weighted by Crippen LogP contribution is -2.19. The number of carbonyl (C=O) groups is 1. The summed E-state index contributed by atoms with van der Waals surface area (Å²) in [6.07, 6.45) is 1.23. The zero-order valence-corrected chi connectivity index (χ0v) is 10.4. The molecule has 1 atom stereocenters. The zero-order chi connectivity index (χ0) is 13.1. The molecule has 0 bridgehead atoms. The Hall–Kier alpha value is -1.20. The van der Waals surface area contributed by atoms with Gasteiger partial charge in [0.25, 0.3) is 0 Å². The van der Waals surface area contributed by atoms with Gasteiger partial charge in [-0.15, -0.1) is 0 Å². The predicted octanol–water partition coefficient (Wildman–Crippen LogP) is 2.56. The summed E-state index contributed by atoms with van der Waals surface area (Å²) in [4.78, 5) is 11.7. The molecule has 1 aromatic carbocycles. The van der Waals surface area contributed by atoms with E-state index >= 15 is 0 Å². The number of amides is 1. The van der Waals surface area contributed by atoms with E-state index in [1.165, 1.54) is 0 Å². The van der Waals surface area contributed by atoms with Crippen LogP contribution in [-0.2, 0) is 4.79 Å². The van der Waals surface area contributed by atoms with E-state index in [-0.39, 0.29) is 22.5 Å². The smallest absolute Gasteiger partial charge is 0.224 e. The number of hydrogen-bond acceptors (Lipinski definition) is 2. The molecule has 1 heterocycles. The summed E-state index contributed by atoms with van der Waals surface area (Å²) in [5, 5.41) is 5.40. The topological polar surface area (TPSA) is 41.1 Å². The summed E-state index contributed by atoms with van der Waals surface area (Å²) < 4.78 is 26.3. The molecule has 0 aliphatic carbocycles. The largest absolute Gasteiger partial charge is 0.322 e. The number of benzene rings is 1. The number of anilines is 1. The van der Waals surface area contributed by atoms with Gasteiger partial charge in [-0.3, -0.25) is 4.79 Å². The molecule has 6 heteroatoms. The van der Waals surface area contributed by atoms with Crippen molar-refractivity contribution in [3.63, 3.8) is 0 Å². The van der Waals surface area contributed by atoms with Gasteiger partial charge in [0.1, 0.15) is 5.82 Å². The van der Waals surface area contributed by atoms with Gasteiger partial charge >= 0.3 is 0 Å². The van der Waals surface area contributed by atoms with Crippen LogP contribution in [0.1, 0.15) is 12.8 Å². The average molecular weight is 275 g/mol. The molecule has 3 nitrogen and oxygen atoms in total. The van der Waals surface area contributed by atoms with Gasteiger partial charge in [-0.1, -0.05) is 11.6 Å². The number of hydrogen-bond donors (Lipinski definition) is 2. The molecule has 1 aliphatic rings. The van der Waals surface area contributed by atoms with Crippen molar-refractivity contribution in [3.05, 3.63) is 28.8 Å². The second-order valence-corrected chi connectivity index (χ2v) is 4.76. The fourth-order valence-corrected chi connectivity index (χ4v) is 2.24. The Morgan fingerprint density at radius 3 is 2.89 bits per heavy atom. The van der Waals surface area contributed by atoms with Crippen LogP contribution in [-0.4, -0.2) is 19.0 Å². The van der Waals surface area contributed by atoms with Crippen molar-refractivity contribution in [1.29, 1.82) is 0 Å². The molecule has 1 aromatic rings. The van der Waals surface area contributed by atoms with E-state index in [9.17, 15) is 13.6 Å². The highest BCUT2D eigenvalue weighted by Gasteiger charge is 2.19. The van der Waals surface area contributed by atoms with E-state index in [1.54, 1.807) is 0 Å². The Morgan fingerprint density at radius 1 is 1.50 bits per heavy atom. The molecule has 0 radical (unpaired) electrons. The van der Waals surface area contributed by atoms with Crippen LogP contribution in [0.5, 0.6) is 0 Å². The van der Waals surface area contributed by atoms with E-state index in [4.69, 9.17) is 11.6 Å². The van der Waals surface area contributed by atoms with E-state index in [1.807, 2.05) is 0 Å². The zero-order valence-electron chi connectivity index (χ0n) is 9.60. The highest BCUT2D eigenvalue weighted by Crippen LogP contribution is 2.27. The Labute approximate surface area is 109 Å². The summed E-state index contributed by atoms with van der Waals surface area (Å²) in [5.74, 6) is -1.68. The van der Waals surface area contributed by atoms with Gasteiger partial charge in [-0.2, -0.15) is 0 Å². The summed E-state index contributed by atoms with van der Waals surface area (Å²) in [6, 6.07) is 1.66. The van der Waals surface area contributed by atoms with Crippen LogP contribution in [0.4, 0.5) is 14.5 Å². The van der Waals surface area contributed by atoms with Crippen molar-refractivity contribution in [2.24, 2.45) is 5.92 Å². The van der Waals surface area contributed by atoms with Crippen molar-refractivity contribution in [3.8, 4) is 0 Å². The normalized spacial score (nSPS) is 18.9. The second-order valence-electron chi connectivity index (χ2n) is 4.36. The van der Waals surface area contributed by atoms with Crippen LogP contribution in [0.2, 0.25) is 5.02 Å². The first-order valence-corrected chi connectivity index (χ1v) is 6.09. The van der Waals surface area contributed by atoms with Crippen LogP contribution < -0.4 is 10.6 Å². The quantitative estimate of drug-likeness (QED) is 0.889. The minimum Gasteiger partial charge on any atom is -0.322 e. The molecule has 2 rings (SSSR count). The maximum absolute atomic E-state index is 13.4. The monoisotopic (exact) mass is 274 g/mol. The third-order valence-electron chi connectivity index (χ3n) is 2.91. The lowest BCUT2D eigenvalue weighted by Gasteiger charge is -2.11. The van der Waals surface area contributed by atoms with Gasteiger partial charge in [-0.05, 0) is 31.5 Å². The lowest BCUT2D eigenvalue weighted by atomic mass is 10.0. The molecule has 2 N–H and O–H groups in total. The van der Waals surface area contributed by atoms with Crippen molar-refractivity contribution in [2.45, 2.75) is 12.8 Å². The van der Waals surface area contributed by atoms with Gasteiger partial charge in [-0.25, -0.2) is 8.78 Å². The van der Waals surface area contributed by atoms with Crippen molar-refractivity contribution >= 4 is 23.2 Å². The maximum Gasteiger partial charge on any atom is 0.224 e. The van der Waals surface area contributed by atoms with E-state index in [0.29, 0.717) is 12.5 Å². The van der Waals surface area contributed by atoms with Crippen LogP contribution in [0.15, 0.2) is 12.1 Å². The molecule has 98 valence electrons. The number of halogens is 3. The Morgan fingerprint density at radius 2 is 2.28 bits per heavy atom. The van der Waals surface area contributed by atoms with Gasteiger partial charge in [0, 0.05) is 12.5 Å². The number of rotatable bonds is 3. The minimum atomic E-state index is -0.863. The number of carbonyl (C=O) groups excluding carboxylic acids is 1. The van der Waals surface area contributed by atoms with Crippen LogP contribution in [0.3, 0.4) is 0 Å². The molecule has 18 heavy (non-hydrogen) atoms.